The molecular weight excluding hydrogens is 419 g/mol. The van der Waals surface area contributed by atoms with Crippen LogP contribution in [-0.4, -0.2) is 59.3 Å². The molecule has 0 saturated heterocycles. The van der Waals surface area contributed by atoms with E-state index in [-0.39, 0.29) is 18.4 Å². The number of amides is 2. The maximum absolute atomic E-state index is 13.0. The number of aromatic nitrogens is 1. The van der Waals surface area contributed by atoms with Crippen molar-refractivity contribution in [3.63, 3.8) is 0 Å². The second-order valence-corrected chi connectivity index (χ2v) is 7.98. The Labute approximate surface area is 179 Å². The van der Waals surface area contributed by atoms with Crippen molar-refractivity contribution in [2.24, 2.45) is 0 Å². The standard InChI is InChI=1S/C19H24Cl2N4O2S/c1-4-24(5-2)6-7-25(11-17(26)23-19-22-13(3)12-28-19)18(27)14-8-15(20)10-16(21)9-14/h8-10,12H,4-7,11H2,1-3H3,(H,22,23,26). The van der Waals surface area contributed by atoms with E-state index in [4.69, 9.17) is 23.2 Å². The Morgan fingerprint density at radius 1 is 1.11 bits per heavy atom. The molecule has 1 aromatic carbocycles. The van der Waals surface area contributed by atoms with E-state index in [0.717, 1.165) is 18.8 Å². The Kier molecular flexibility index (Phi) is 8.69. The minimum Gasteiger partial charge on any atom is -0.328 e. The number of carbonyl (C=O) groups excluding carboxylic acids is 2. The van der Waals surface area contributed by atoms with Crippen LogP contribution in [0.1, 0.15) is 29.9 Å². The SMILES string of the molecule is CCN(CC)CCN(CC(=O)Nc1nc(C)cs1)C(=O)c1cc(Cl)cc(Cl)c1. The molecule has 0 bridgehead atoms. The van der Waals surface area contributed by atoms with Crippen molar-refractivity contribution < 1.29 is 9.59 Å². The number of benzene rings is 1. The molecule has 0 unspecified atom stereocenters. The van der Waals surface area contributed by atoms with E-state index in [2.05, 4.69) is 29.0 Å². The summed E-state index contributed by atoms with van der Waals surface area (Å²) in [7, 11) is 0. The lowest BCUT2D eigenvalue weighted by Crippen LogP contribution is -2.42. The summed E-state index contributed by atoms with van der Waals surface area (Å²) < 4.78 is 0. The highest BCUT2D eigenvalue weighted by molar-refractivity contribution is 7.13. The maximum atomic E-state index is 13.0. The van der Waals surface area contributed by atoms with Gasteiger partial charge >= 0.3 is 0 Å². The van der Waals surface area contributed by atoms with E-state index >= 15 is 0 Å². The number of nitrogens with one attached hydrogen (secondary N) is 1. The van der Waals surface area contributed by atoms with Crippen LogP contribution in [0.4, 0.5) is 5.13 Å². The Morgan fingerprint density at radius 3 is 2.29 bits per heavy atom. The van der Waals surface area contributed by atoms with Crippen LogP contribution >= 0.6 is 34.5 Å². The van der Waals surface area contributed by atoms with Gasteiger partial charge in [0.05, 0.1) is 5.69 Å². The molecule has 1 aromatic heterocycles. The van der Waals surface area contributed by atoms with E-state index in [0.29, 0.717) is 33.8 Å². The number of nitrogens with zero attached hydrogens (tertiary/aromatic N) is 3. The number of rotatable bonds is 9. The van der Waals surface area contributed by atoms with Gasteiger partial charge < -0.3 is 15.1 Å². The monoisotopic (exact) mass is 442 g/mol. The van der Waals surface area contributed by atoms with Crippen molar-refractivity contribution in [1.29, 1.82) is 0 Å². The van der Waals surface area contributed by atoms with Gasteiger partial charge in [0.25, 0.3) is 5.91 Å². The molecule has 0 radical (unpaired) electrons. The predicted octanol–water partition coefficient (Wildman–Crippen LogP) is 4.18. The van der Waals surface area contributed by atoms with Crippen LogP contribution in [0.2, 0.25) is 10.0 Å². The lowest BCUT2D eigenvalue weighted by atomic mass is 10.2. The van der Waals surface area contributed by atoms with E-state index in [1.165, 1.54) is 16.2 Å². The van der Waals surface area contributed by atoms with Gasteiger partial charge in [-0.2, -0.15) is 0 Å². The zero-order valence-electron chi connectivity index (χ0n) is 16.2. The van der Waals surface area contributed by atoms with Crippen LogP contribution < -0.4 is 5.32 Å². The van der Waals surface area contributed by atoms with Gasteiger partial charge in [0.2, 0.25) is 5.91 Å². The molecule has 152 valence electrons. The summed E-state index contributed by atoms with van der Waals surface area (Å²) in [5.74, 6) is -0.586. The van der Waals surface area contributed by atoms with Gasteiger partial charge in [-0.05, 0) is 38.2 Å². The zero-order chi connectivity index (χ0) is 20.7. The summed E-state index contributed by atoms with van der Waals surface area (Å²) in [5.41, 5.74) is 1.19. The first kappa shape index (κ1) is 22.6. The summed E-state index contributed by atoms with van der Waals surface area (Å²) in [6.07, 6.45) is 0. The summed E-state index contributed by atoms with van der Waals surface area (Å²) >= 11 is 13.4. The van der Waals surface area contributed by atoms with Crippen LogP contribution in [0, 0.1) is 6.92 Å². The molecule has 0 aliphatic rings. The van der Waals surface area contributed by atoms with Gasteiger partial charge in [0.1, 0.15) is 6.54 Å². The Bertz CT molecular complexity index is 804. The quantitative estimate of drug-likeness (QED) is 0.632. The van der Waals surface area contributed by atoms with Crippen molar-refractivity contribution in [3.05, 3.63) is 44.9 Å². The molecule has 0 aliphatic carbocycles. The number of thiazole rings is 1. The highest BCUT2D eigenvalue weighted by Gasteiger charge is 2.21. The molecule has 2 aromatic rings. The normalized spacial score (nSPS) is 10.9. The van der Waals surface area contributed by atoms with Crippen LogP contribution in [0.3, 0.4) is 0 Å². The van der Waals surface area contributed by atoms with Crippen LogP contribution in [0.5, 0.6) is 0 Å². The molecule has 0 saturated carbocycles. The van der Waals surface area contributed by atoms with Gasteiger partial charge in [-0.15, -0.1) is 11.3 Å². The van der Waals surface area contributed by atoms with Gasteiger partial charge in [-0.3, -0.25) is 9.59 Å². The number of anilines is 1. The molecule has 9 heteroatoms. The lowest BCUT2D eigenvalue weighted by Gasteiger charge is -2.26. The summed E-state index contributed by atoms with van der Waals surface area (Å²) in [6.45, 7) is 8.70. The lowest BCUT2D eigenvalue weighted by molar-refractivity contribution is -0.116. The first-order chi connectivity index (χ1) is 13.3. The summed E-state index contributed by atoms with van der Waals surface area (Å²) in [6, 6.07) is 4.68. The van der Waals surface area contributed by atoms with Crippen molar-refractivity contribution in [1.82, 2.24) is 14.8 Å². The smallest absolute Gasteiger partial charge is 0.254 e. The predicted molar refractivity (Wildman–Crippen MR) is 116 cm³/mol. The molecule has 0 spiro atoms. The van der Waals surface area contributed by atoms with Crippen LogP contribution in [-0.2, 0) is 4.79 Å². The Balaban J connectivity index is 2.15. The first-order valence-corrected chi connectivity index (χ1v) is 10.7. The molecule has 2 amide bonds. The highest BCUT2D eigenvalue weighted by atomic mass is 35.5. The molecule has 0 aliphatic heterocycles. The minimum absolute atomic E-state index is 0.0805. The molecule has 0 atom stereocenters. The van der Waals surface area contributed by atoms with Crippen molar-refractivity contribution in [2.45, 2.75) is 20.8 Å². The van der Waals surface area contributed by atoms with E-state index in [1.807, 2.05) is 12.3 Å². The van der Waals surface area contributed by atoms with Gasteiger partial charge in [0, 0.05) is 34.1 Å². The van der Waals surface area contributed by atoms with Gasteiger partial charge in [0.15, 0.2) is 5.13 Å². The molecule has 1 heterocycles. The van der Waals surface area contributed by atoms with Crippen molar-refractivity contribution >= 4 is 51.5 Å². The van der Waals surface area contributed by atoms with E-state index < -0.39 is 0 Å². The topological polar surface area (TPSA) is 65.5 Å². The third kappa shape index (κ3) is 6.74. The summed E-state index contributed by atoms with van der Waals surface area (Å²) in [5, 5.41) is 5.87. The number of hydrogen-bond acceptors (Lipinski definition) is 5. The Morgan fingerprint density at radius 2 is 1.75 bits per heavy atom. The molecule has 2 rings (SSSR count). The fraction of sp³-hybridized carbons (Fsp3) is 0.421. The minimum atomic E-state index is -0.296. The summed E-state index contributed by atoms with van der Waals surface area (Å²) in [4.78, 5) is 33.4. The Hall–Kier alpha value is -1.67. The average Bonchev–Trinajstić information content (AvgIpc) is 3.04. The van der Waals surface area contributed by atoms with Crippen LogP contribution in [0.15, 0.2) is 23.6 Å². The third-order valence-electron chi connectivity index (χ3n) is 4.18. The first-order valence-electron chi connectivity index (χ1n) is 9.02. The maximum Gasteiger partial charge on any atom is 0.254 e. The van der Waals surface area contributed by atoms with Gasteiger partial charge in [-0.25, -0.2) is 4.98 Å². The second-order valence-electron chi connectivity index (χ2n) is 6.25. The molecular formula is C19H24Cl2N4O2S. The number of aryl methyl sites for hydroxylation is 1. The zero-order valence-corrected chi connectivity index (χ0v) is 18.5. The van der Waals surface area contributed by atoms with Gasteiger partial charge in [-0.1, -0.05) is 37.0 Å². The average molecular weight is 443 g/mol. The molecule has 1 N–H and O–H groups in total. The molecule has 6 nitrogen and oxygen atoms in total. The van der Waals surface area contributed by atoms with Crippen molar-refractivity contribution in [2.75, 3.05) is 38.0 Å². The third-order valence-corrected chi connectivity index (χ3v) is 5.49. The number of hydrogen-bond donors (Lipinski definition) is 1. The number of halogens is 2. The fourth-order valence-electron chi connectivity index (χ4n) is 2.66. The largest absolute Gasteiger partial charge is 0.328 e. The molecule has 28 heavy (non-hydrogen) atoms. The second kappa shape index (κ2) is 10.8. The van der Waals surface area contributed by atoms with Crippen molar-refractivity contribution in [3.8, 4) is 0 Å². The number of carbonyl (C=O) groups is 2. The highest BCUT2D eigenvalue weighted by Crippen LogP contribution is 2.20. The number of likely N-dealkylation sites (N-methyl/N-ethyl adjacent to an activating group) is 1. The van der Waals surface area contributed by atoms with E-state index in [9.17, 15) is 9.59 Å². The fourth-order valence-corrected chi connectivity index (χ4v) is 3.89. The van der Waals surface area contributed by atoms with E-state index in [1.54, 1.807) is 18.2 Å². The molecule has 0 fully saturated rings. The van der Waals surface area contributed by atoms with Crippen LogP contribution in [0.25, 0.3) is 0 Å².